The molecule has 0 spiro atoms. The summed E-state index contributed by atoms with van der Waals surface area (Å²) in [7, 11) is 0. The first-order valence-electron chi connectivity index (χ1n) is 4.53. The second-order valence-corrected chi connectivity index (χ2v) is 4.01. The minimum absolute atomic E-state index is 0.000647. The predicted molar refractivity (Wildman–Crippen MR) is 62.3 cm³/mol. The Kier molecular flexibility index (Phi) is 5.10. The number of ether oxygens (including phenoxy) is 1. The van der Waals surface area contributed by atoms with Crippen molar-refractivity contribution in [1.29, 1.82) is 0 Å². The number of rotatable bonds is 5. The highest BCUT2D eigenvalue weighted by atomic mass is 127. The molecule has 0 radical (unpaired) electrons. The Hall–Kier alpha value is -0.430. The van der Waals surface area contributed by atoms with Crippen LogP contribution in [-0.4, -0.2) is 22.8 Å². The van der Waals surface area contributed by atoms with Crippen molar-refractivity contribution >= 4 is 22.6 Å². The number of aromatic nitrogens is 2. The molecule has 0 aliphatic carbocycles. The highest BCUT2D eigenvalue weighted by Gasteiger charge is 1.99. The van der Waals surface area contributed by atoms with Crippen LogP contribution < -0.4 is 5.56 Å². The third-order valence-electron chi connectivity index (χ3n) is 1.68. The lowest BCUT2D eigenvalue weighted by atomic mass is 10.5. The lowest BCUT2D eigenvalue weighted by molar-refractivity contribution is 0.126. The third-order valence-corrected chi connectivity index (χ3v) is 2.42. The van der Waals surface area contributed by atoms with Gasteiger partial charge in [-0.3, -0.25) is 9.36 Å². The Bertz CT molecular complexity index is 338. The van der Waals surface area contributed by atoms with E-state index < -0.39 is 0 Å². The number of hydrogen-bond acceptors (Lipinski definition) is 3. The fourth-order valence-corrected chi connectivity index (χ4v) is 1.46. The van der Waals surface area contributed by atoms with Gasteiger partial charge in [-0.1, -0.05) is 6.92 Å². The lowest BCUT2D eigenvalue weighted by Crippen LogP contribution is -2.24. The molecule has 1 aromatic heterocycles. The fraction of sp³-hybridized carbons (Fsp3) is 0.556. The zero-order valence-electron chi connectivity index (χ0n) is 8.07. The van der Waals surface area contributed by atoms with E-state index in [1.165, 1.54) is 0 Å². The second-order valence-electron chi connectivity index (χ2n) is 2.85. The molecule has 0 saturated heterocycles. The predicted octanol–water partition coefficient (Wildman–Crippen LogP) is 1.27. The summed E-state index contributed by atoms with van der Waals surface area (Å²) in [5.74, 6) is 0. The third kappa shape index (κ3) is 3.38. The van der Waals surface area contributed by atoms with E-state index in [-0.39, 0.29) is 5.56 Å². The van der Waals surface area contributed by atoms with Gasteiger partial charge in [0.05, 0.1) is 23.0 Å². The molecular weight excluding hydrogens is 295 g/mol. The Morgan fingerprint density at radius 3 is 3.07 bits per heavy atom. The van der Waals surface area contributed by atoms with E-state index in [1.807, 2.05) is 22.6 Å². The molecule has 14 heavy (non-hydrogen) atoms. The summed E-state index contributed by atoms with van der Waals surface area (Å²) in [4.78, 5) is 15.4. The van der Waals surface area contributed by atoms with Crippen molar-refractivity contribution in [2.45, 2.75) is 19.9 Å². The molecule has 0 atom stereocenters. The summed E-state index contributed by atoms with van der Waals surface area (Å²) in [5, 5.41) is 0. The maximum atomic E-state index is 11.5. The second kappa shape index (κ2) is 6.13. The van der Waals surface area contributed by atoms with Gasteiger partial charge in [0.2, 0.25) is 0 Å². The van der Waals surface area contributed by atoms with Crippen LogP contribution in [0.25, 0.3) is 0 Å². The van der Waals surface area contributed by atoms with Crippen LogP contribution in [0, 0.1) is 3.57 Å². The highest BCUT2D eigenvalue weighted by Crippen LogP contribution is 1.93. The van der Waals surface area contributed by atoms with Crippen molar-refractivity contribution in [3.8, 4) is 0 Å². The van der Waals surface area contributed by atoms with Gasteiger partial charge in [-0.05, 0) is 29.0 Å². The molecule has 0 amide bonds. The summed E-state index contributed by atoms with van der Waals surface area (Å²) in [6.07, 6.45) is 4.10. The van der Waals surface area contributed by atoms with E-state index in [0.717, 1.165) is 13.0 Å². The van der Waals surface area contributed by atoms with Crippen LogP contribution in [0.5, 0.6) is 0 Å². The summed E-state index contributed by atoms with van der Waals surface area (Å²) in [5.41, 5.74) is 0.000647. The molecule has 0 aromatic carbocycles. The Morgan fingerprint density at radius 1 is 1.57 bits per heavy atom. The van der Waals surface area contributed by atoms with Crippen molar-refractivity contribution in [2.24, 2.45) is 0 Å². The topological polar surface area (TPSA) is 44.1 Å². The van der Waals surface area contributed by atoms with E-state index in [4.69, 9.17) is 4.74 Å². The molecule has 4 nitrogen and oxygen atoms in total. The van der Waals surface area contributed by atoms with Crippen LogP contribution in [0.15, 0.2) is 17.3 Å². The van der Waals surface area contributed by atoms with Crippen molar-refractivity contribution in [2.75, 3.05) is 13.2 Å². The number of hydrogen-bond donors (Lipinski definition) is 0. The van der Waals surface area contributed by atoms with E-state index in [9.17, 15) is 4.79 Å². The Labute approximate surface area is 96.4 Å². The van der Waals surface area contributed by atoms with Gasteiger partial charge in [0.15, 0.2) is 0 Å². The molecule has 1 aromatic rings. The van der Waals surface area contributed by atoms with E-state index in [0.29, 0.717) is 16.7 Å². The first-order valence-corrected chi connectivity index (χ1v) is 5.61. The molecule has 1 heterocycles. The van der Waals surface area contributed by atoms with Gasteiger partial charge < -0.3 is 4.74 Å². The average molecular weight is 308 g/mol. The molecule has 78 valence electrons. The van der Waals surface area contributed by atoms with Crippen LogP contribution in [-0.2, 0) is 11.3 Å². The minimum Gasteiger partial charge on any atom is -0.380 e. The molecule has 0 saturated carbocycles. The number of halogens is 1. The Morgan fingerprint density at radius 2 is 2.36 bits per heavy atom. The van der Waals surface area contributed by atoms with Gasteiger partial charge >= 0.3 is 0 Å². The Balaban J connectivity index is 2.51. The summed E-state index contributed by atoms with van der Waals surface area (Å²) in [6, 6.07) is 0. The van der Waals surface area contributed by atoms with Crippen molar-refractivity contribution in [1.82, 2.24) is 9.55 Å². The first-order chi connectivity index (χ1) is 6.75. The van der Waals surface area contributed by atoms with Crippen LogP contribution in [0.1, 0.15) is 13.3 Å². The van der Waals surface area contributed by atoms with Crippen molar-refractivity contribution < 1.29 is 4.74 Å². The number of nitrogens with zero attached hydrogens (tertiary/aromatic N) is 2. The van der Waals surface area contributed by atoms with E-state index in [1.54, 1.807) is 17.1 Å². The van der Waals surface area contributed by atoms with Gasteiger partial charge in [-0.25, -0.2) is 4.98 Å². The maximum absolute atomic E-state index is 11.5. The van der Waals surface area contributed by atoms with Crippen LogP contribution >= 0.6 is 22.6 Å². The van der Waals surface area contributed by atoms with Crippen molar-refractivity contribution in [3.63, 3.8) is 0 Å². The van der Waals surface area contributed by atoms with Crippen LogP contribution in [0.4, 0.5) is 0 Å². The smallest absolute Gasteiger partial charge is 0.266 e. The zero-order chi connectivity index (χ0) is 10.4. The monoisotopic (exact) mass is 308 g/mol. The largest absolute Gasteiger partial charge is 0.380 e. The minimum atomic E-state index is 0.000647. The standard InChI is InChI=1S/C9H13IN2O2/c1-2-4-14-5-3-12-7-11-6-8(10)9(12)13/h6-7H,2-5H2,1H3. The van der Waals surface area contributed by atoms with Gasteiger partial charge in [0.1, 0.15) is 0 Å². The fourth-order valence-electron chi connectivity index (χ4n) is 0.993. The van der Waals surface area contributed by atoms with Crippen LogP contribution in [0.2, 0.25) is 0 Å². The van der Waals surface area contributed by atoms with Gasteiger partial charge in [-0.15, -0.1) is 0 Å². The normalized spacial score (nSPS) is 10.4. The summed E-state index contributed by atoms with van der Waals surface area (Å²) >= 11 is 1.98. The van der Waals surface area contributed by atoms with Crippen molar-refractivity contribution in [3.05, 3.63) is 26.4 Å². The molecule has 0 unspecified atom stereocenters. The van der Waals surface area contributed by atoms with E-state index >= 15 is 0 Å². The SMILES string of the molecule is CCCOCCn1cncc(I)c1=O. The molecule has 5 heteroatoms. The summed E-state index contributed by atoms with van der Waals surface area (Å²) < 4.78 is 7.50. The van der Waals surface area contributed by atoms with Gasteiger partial charge in [0, 0.05) is 12.8 Å². The van der Waals surface area contributed by atoms with Gasteiger partial charge in [-0.2, -0.15) is 0 Å². The zero-order valence-corrected chi connectivity index (χ0v) is 10.2. The van der Waals surface area contributed by atoms with Crippen LogP contribution in [0.3, 0.4) is 0 Å². The molecule has 1 rings (SSSR count). The molecule has 0 fully saturated rings. The quantitative estimate of drug-likeness (QED) is 0.608. The molecule has 0 N–H and O–H groups in total. The highest BCUT2D eigenvalue weighted by molar-refractivity contribution is 14.1. The molecule has 0 aliphatic heterocycles. The lowest BCUT2D eigenvalue weighted by Gasteiger charge is -2.05. The molecule has 0 aliphatic rings. The molecule has 0 bridgehead atoms. The van der Waals surface area contributed by atoms with E-state index in [2.05, 4.69) is 11.9 Å². The average Bonchev–Trinajstić information content (AvgIpc) is 2.19. The maximum Gasteiger partial charge on any atom is 0.266 e. The molecular formula is C9H13IN2O2. The van der Waals surface area contributed by atoms with Gasteiger partial charge in [0.25, 0.3) is 5.56 Å². The summed E-state index contributed by atoms with van der Waals surface area (Å²) in [6.45, 7) is 3.93. The first kappa shape index (κ1) is 11.6.